The van der Waals surface area contributed by atoms with Gasteiger partial charge in [0, 0.05) is 18.4 Å². The summed E-state index contributed by atoms with van der Waals surface area (Å²) in [5, 5.41) is 17.4. The Morgan fingerprint density at radius 1 is 1.22 bits per heavy atom. The fraction of sp³-hybridized carbons (Fsp3) is 0.185. The molecule has 0 unspecified atom stereocenters. The van der Waals surface area contributed by atoms with Gasteiger partial charge in [-0.25, -0.2) is 4.99 Å². The summed E-state index contributed by atoms with van der Waals surface area (Å²) in [6.45, 7) is 4.40. The number of phenolic OH excluding ortho intramolecular Hbond substituents is 1. The third-order valence-electron chi connectivity index (χ3n) is 6.15. The summed E-state index contributed by atoms with van der Waals surface area (Å²) in [7, 11) is 1.45. The minimum atomic E-state index is -0.785. The number of methoxy groups -OCH3 is 1. The summed E-state index contributed by atoms with van der Waals surface area (Å²) in [5.41, 5.74) is 2.58. The van der Waals surface area contributed by atoms with Gasteiger partial charge in [-0.1, -0.05) is 35.6 Å². The van der Waals surface area contributed by atoms with Crippen molar-refractivity contribution in [1.29, 1.82) is 0 Å². The van der Waals surface area contributed by atoms with Gasteiger partial charge in [-0.05, 0) is 55.8 Å². The Morgan fingerprint density at radius 3 is 2.73 bits per heavy atom. The van der Waals surface area contributed by atoms with E-state index in [1.807, 2.05) is 31.2 Å². The molecule has 1 aliphatic rings. The molecule has 0 spiro atoms. The van der Waals surface area contributed by atoms with Gasteiger partial charge in [0.15, 0.2) is 16.3 Å². The van der Waals surface area contributed by atoms with Gasteiger partial charge in [-0.2, -0.15) is 5.10 Å². The maximum absolute atomic E-state index is 13.8. The average molecular weight is 516 g/mol. The van der Waals surface area contributed by atoms with Crippen LogP contribution in [0.3, 0.4) is 0 Å². The number of allylic oxidation sites excluding steroid dienone is 1. The van der Waals surface area contributed by atoms with E-state index < -0.39 is 6.04 Å². The number of thiazole rings is 1. The van der Waals surface area contributed by atoms with Crippen LogP contribution in [0.5, 0.6) is 11.5 Å². The lowest BCUT2D eigenvalue weighted by Gasteiger charge is -2.25. The van der Waals surface area contributed by atoms with Crippen molar-refractivity contribution in [2.24, 2.45) is 4.99 Å². The Morgan fingerprint density at radius 2 is 2.00 bits per heavy atom. The maximum Gasteiger partial charge on any atom is 0.271 e. The number of hydrogen-bond donors (Lipinski definition) is 2. The number of rotatable bonds is 6. The van der Waals surface area contributed by atoms with E-state index in [2.05, 4.69) is 15.4 Å². The molecule has 5 rings (SSSR count). The highest BCUT2D eigenvalue weighted by Crippen LogP contribution is 2.35. The number of phenols is 1. The lowest BCUT2D eigenvalue weighted by Crippen LogP contribution is -2.40. The fourth-order valence-electron chi connectivity index (χ4n) is 4.38. The SMILES string of the molecule is CCn1nccc1/C=c1/sc2n(c1=O)[C@@H](c1ccc(O)c(OC)c1)C(C(=O)Nc1ccccc1)=C(C)N=2. The number of aromatic hydroxyl groups is 1. The Hall–Kier alpha value is -4.44. The molecule has 1 amide bonds. The number of ether oxygens (including phenoxy) is 1. The van der Waals surface area contributed by atoms with Gasteiger partial charge in [0.2, 0.25) is 0 Å². The Balaban J connectivity index is 1.71. The second-order valence-electron chi connectivity index (χ2n) is 8.41. The van der Waals surface area contributed by atoms with E-state index in [-0.39, 0.29) is 23.0 Å². The highest BCUT2D eigenvalue weighted by Gasteiger charge is 2.33. The monoisotopic (exact) mass is 515 g/mol. The van der Waals surface area contributed by atoms with Gasteiger partial charge in [0.05, 0.1) is 34.6 Å². The first kappa shape index (κ1) is 24.3. The van der Waals surface area contributed by atoms with Gasteiger partial charge >= 0.3 is 0 Å². The van der Waals surface area contributed by atoms with Crippen LogP contribution in [-0.2, 0) is 11.3 Å². The lowest BCUT2D eigenvalue weighted by molar-refractivity contribution is -0.113. The molecular formula is C27H25N5O4S. The van der Waals surface area contributed by atoms with Crippen LogP contribution >= 0.6 is 11.3 Å². The zero-order valence-corrected chi connectivity index (χ0v) is 21.3. The molecule has 10 heteroatoms. The maximum atomic E-state index is 13.8. The van der Waals surface area contributed by atoms with Crippen LogP contribution < -0.4 is 24.9 Å². The minimum absolute atomic E-state index is 0.0394. The van der Waals surface area contributed by atoms with Crippen LogP contribution in [-0.4, -0.2) is 32.5 Å². The topological polar surface area (TPSA) is 111 Å². The molecule has 0 bridgehead atoms. The number of carbonyl (C=O) groups is 1. The van der Waals surface area contributed by atoms with E-state index in [4.69, 9.17) is 4.74 Å². The Labute approximate surface area is 216 Å². The van der Waals surface area contributed by atoms with E-state index in [0.717, 1.165) is 5.69 Å². The normalized spacial score (nSPS) is 15.3. The first-order chi connectivity index (χ1) is 17.9. The van der Waals surface area contributed by atoms with Crippen molar-refractivity contribution in [1.82, 2.24) is 14.3 Å². The summed E-state index contributed by atoms with van der Waals surface area (Å²) in [6.07, 6.45) is 3.48. The van der Waals surface area contributed by atoms with Gasteiger partial charge in [-0.15, -0.1) is 0 Å². The van der Waals surface area contributed by atoms with Crippen LogP contribution in [0.25, 0.3) is 6.08 Å². The van der Waals surface area contributed by atoms with Crippen LogP contribution in [0.15, 0.2) is 81.9 Å². The van der Waals surface area contributed by atoms with Crippen LogP contribution in [0.4, 0.5) is 5.69 Å². The lowest BCUT2D eigenvalue weighted by atomic mass is 9.94. The summed E-state index contributed by atoms with van der Waals surface area (Å²) in [6, 6.07) is 15.0. The highest BCUT2D eigenvalue weighted by atomic mass is 32.1. The van der Waals surface area contributed by atoms with E-state index in [9.17, 15) is 14.7 Å². The number of amides is 1. The van der Waals surface area contributed by atoms with Crippen LogP contribution in [0.2, 0.25) is 0 Å². The van der Waals surface area contributed by atoms with E-state index in [1.165, 1.54) is 29.1 Å². The predicted octanol–water partition coefficient (Wildman–Crippen LogP) is 2.80. The molecule has 2 aromatic heterocycles. The van der Waals surface area contributed by atoms with Crippen molar-refractivity contribution in [2.45, 2.75) is 26.4 Å². The summed E-state index contributed by atoms with van der Waals surface area (Å²) in [4.78, 5) is 32.5. The molecule has 0 radical (unpaired) electrons. The molecule has 0 fully saturated rings. The minimum Gasteiger partial charge on any atom is -0.504 e. The third kappa shape index (κ3) is 4.47. The number of nitrogens with zero attached hydrogens (tertiary/aromatic N) is 4. The number of carbonyl (C=O) groups excluding carboxylic acids is 1. The number of fused-ring (bicyclic) bond motifs is 1. The van der Waals surface area contributed by atoms with Crippen molar-refractivity contribution in [2.75, 3.05) is 12.4 Å². The predicted molar refractivity (Wildman–Crippen MR) is 141 cm³/mol. The molecule has 0 aliphatic carbocycles. The Kier molecular flexibility index (Phi) is 6.49. The van der Waals surface area contributed by atoms with Crippen molar-refractivity contribution in [3.05, 3.63) is 103 Å². The molecule has 0 saturated carbocycles. The molecule has 37 heavy (non-hydrogen) atoms. The first-order valence-corrected chi connectivity index (χ1v) is 12.5. The third-order valence-corrected chi connectivity index (χ3v) is 7.13. The van der Waals surface area contributed by atoms with E-state index in [1.54, 1.807) is 48.1 Å². The summed E-state index contributed by atoms with van der Waals surface area (Å²) in [5.74, 6) is -0.172. The smallest absolute Gasteiger partial charge is 0.271 e. The van der Waals surface area contributed by atoms with Crippen molar-refractivity contribution in [3.63, 3.8) is 0 Å². The molecule has 188 valence electrons. The molecule has 4 aromatic rings. The van der Waals surface area contributed by atoms with Gasteiger partial charge in [0.25, 0.3) is 11.5 Å². The second kappa shape index (κ2) is 9.90. The number of aryl methyl sites for hydroxylation is 1. The number of para-hydroxylation sites is 1. The van der Waals surface area contributed by atoms with Crippen molar-refractivity contribution in [3.8, 4) is 11.5 Å². The van der Waals surface area contributed by atoms with Gasteiger partial charge < -0.3 is 15.2 Å². The number of benzene rings is 2. The number of aromatic nitrogens is 3. The summed E-state index contributed by atoms with van der Waals surface area (Å²) < 4.78 is 9.12. The van der Waals surface area contributed by atoms with E-state index in [0.29, 0.717) is 38.4 Å². The second-order valence-corrected chi connectivity index (χ2v) is 9.41. The number of anilines is 1. The number of hydrogen-bond acceptors (Lipinski definition) is 7. The summed E-state index contributed by atoms with van der Waals surface area (Å²) >= 11 is 1.25. The molecule has 2 N–H and O–H groups in total. The van der Waals surface area contributed by atoms with Crippen molar-refractivity contribution < 1.29 is 14.6 Å². The largest absolute Gasteiger partial charge is 0.504 e. The Bertz CT molecular complexity index is 1700. The van der Waals surface area contributed by atoms with Crippen LogP contribution in [0.1, 0.15) is 31.1 Å². The molecule has 1 aliphatic heterocycles. The molecule has 0 saturated heterocycles. The zero-order valence-electron chi connectivity index (χ0n) is 20.5. The molecular weight excluding hydrogens is 490 g/mol. The standard InChI is InChI=1S/C27H25N5O4S/c1-4-31-19(12-13-28-31)15-22-26(35)32-24(17-10-11-20(33)21(14-17)36-3)23(16(2)29-27(32)37-22)25(34)30-18-8-6-5-7-9-18/h5-15,24,33H,4H2,1-3H3,(H,30,34)/b22-15+/t24-/m0/s1. The average Bonchev–Trinajstić information content (AvgIpc) is 3.47. The number of nitrogens with one attached hydrogen (secondary N) is 1. The first-order valence-electron chi connectivity index (χ1n) is 11.7. The molecule has 1 atom stereocenters. The highest BCUT2D eigenvalue weighted by molar-refractivity contribution is 7.07. The zero-order chi connectivity index (χ0) is 26.1. The molecule has 9 nitrogen and oxygen atoms in total. The fourth-order valence-corrected chi connectivity index (χ4v) is 5.41. The van der Waals surface area contributed by atoms with Crippen LogP contribution in [0, 0.1) is 0 Å². The molecule has 3 heterocycles. The van der Waals surface area contributed by atoms with E-state index >= 15 is 0 Å². The van der Waals surface area contributed by atoms with Gasteiger partial charge in [0.1, 0.15) is 0 Å². The molecule has 2 aromatic carbocycles. The van der Waals surface area contributed by atoms with Crippen molar-refractivity contribution >= 4 is 29.0 Å². The quantitative estimate of drug-likeness (QED) is 0.410. The van der Waals surface area contributed by atoms with Gasteiger partial charge in [-0.3, -0.25) is 18.8 Å².